The van der Waals surface area contributed by atoms with E-state index >= 15 is 0 Å². The number of thiophene rings is 1. The summed E-state index contributed by atoms with van der Waals surface area (Å²) in [4.78, 5) is 26.8. The van der Waals surface area contributed by atoms with E-state index in [-0.39, 0.29) is 17.7 Å². The van der Waals surface area contributed by atoms with Crippen LogP contribution in [0, 0.1) is 24.2 Å². The summed E-state index contributed by atoms with van der Waals surface area (Å²) >= 11 is 1.20. The molecule has 2 heterocycles. The Morgan fingerprint density at radius 2 is 2.05 bits per heavy atom. The lowest BCUT2D eigenvalue weighted by Gasteiger charge is -2.26. The molecule has 3 rings (SSSR count). The molecule has 116 valence electrons. The molecule has 0 bridgehead atoms. The Labute approximate surface area is 132 Å². The summed E-state index contributed by atoms with van der Waals surface area (Å²) < 4.78 is 5.25. The van der Waals surface area contributed by atoms with Gasteiger partial charge in [0.25, 0.3) is 5.91 Å². The maximum Gasteiger partial charge on any atom is 0.264 e. The molecule has 1 N–H and O–H groups in total. The van der Waals surface area contributed by atoms with Crippen molar-refractivity contribution >= 4 is 28.2 Å². The molecule has 22 heavy (non-hydrogen) atoms. The second-order valence-corrected chi connectivity index (χ2v) is 6.56. The highest BCUT2D eigenvalue weighted by molar-refractivity contribution is 7.18. The van der Waals surface area contributed by atoms with Crippen LogP contribution in [0.3, 0.4) is 0 Å². The molecule has 1 aromatic heterocycles. The minimum Gasteiger partial charge on any atom is -0.378 e. The number of anilines is 1. The van der Waals surface area contributed by atoms with E-state index in [1.54, 1.807) is 11.8 Å². The zero-order valence-electron chi connectivity index (χ0n) is 12.3. The van der Waals surface area contributed by atoms with E-state index in [1.807, 2.05) is 0 Å². The van der Waals surface area contributed by atoms with Crippen molar-refractivity contribution in [2.75, 3.05) is 31.6 Å². The standard InChI is InChI=1S/C15H17N3O3S/c1-9-11(8-16)14(17-13(19)10-2-3-10)22-12(9)15(20)18-4-6-21-7-5-18/h10H,2-7H2,1H3,(H,17,19). The van der Waals surface area contributed by atoms with Gasteiger partial charge in [-0.25, -0.2) is 0 Å². The van der Waals surface area contributed by atoms with E-state index < -0.39 is 0 Å². The molecule has 1 saturated carbocycles. The van der Waals surface area contributed by atoms with Crippen LogP contribution >= 0.6 is 11.3 Å². The average Bonchev–Trinajstić information content (AvgIpc) is 3.33. The number of carbonyl (C=O) groups excluding carboxylic acids is 2. The maximum atomic E-state index is 12.6. The Hall–Kier alpha value is -1.91. The zero-order chi connectivity index (χ0) is 15.7. The fourth-order valence-corrected chi connectivity index (χ4v) is 3.54. The Kier molecular flexibility index (Phi) is 4.14. The number of carbonyl (C=O) groups is 2. The summed E-state index contributed by atoms with van der Waals surface area (Å²) in [7, 11) is 0. The van der Waals surface area contributed by atoms with E-state index in [4.69, 9.17) is 4.74 Å². The number of hydrogen-bond acceptors (Lipinski definition) is 5. The molecule has 1 aromatic rings. The summed E-state index contributed by atoms with van der Waals surface area (Å²) in [6, 6.07) is 2.11. The van der Waals surface area contributed by atoms with Crippen LogP contribution < -0.4 is 5.32 Å². The quantitative estimate of drug-likeness (QED) is 0.920. The SMILES string of the molecule is Cc1c(C(=O)N2CCOCC2)sc(NC(=O)C2CC2)c1C#N. The number of rotatable bonds is 3. The van der Waals surface area contributed by atoms with Gasteiger partial charge in [-0.15, -0.1) is 11.3 Å². The van der Waals surface area contributed by atoms with Gasteiger partial charge in [-0.3, -0.25) is 9.59 Å². The second kappa shape index (κ2) is 6.07. The predicted molar refractivity (Wildman–Crippen MR) is 81.8 cm³/mol. The lowest BCUT2D eigenvalue weighted by molar-refractivity contribution is -0.117. The van der Waals surface area contributed by atoms with Crippen molar-refractivity contribution in [1.82, 2.24) is 4.90 Å². The summed E-state index contributed by atoms with van der Waals surface area (Å²) in [5.41, 5.74) is 1.05. The zero-order valence-corrected chi connectivity index (χ0v) is 13.2. The Bertz CT molecular complexity index is 652. The van der Waals surface area contributed by atoms with Crippen molar-refractivity contribution in [2.45, 2.75) is 19.8 Å². The third kappa shape index (κ3) is 2.85. The molecule has 1 aliphatic heterocycles. The number of nitriles is 1. The van der Waals surface area contributed by atoms with E-state index in [1.165, 1.54) is 11.3 Å². The molecule has 0 aromatic carbocycles. The molecular formula is C15H17N3O3S. The third-order valence-electron chi connectivity index (χ3n) is 3.94. The molecule has 0 radical (unpaired) electrons. The van der Waals surface area contributed by atoms with Crippen LogP contribution in [-0.2, 0) is 9.53 Å². The van der Waals surface area contributed by atoms with Crippen LogP contribution in [0.2, 0.25) is 0 Å². The van der Waals surface area contributed by atoms with Crippen molar-refractivity contribution < 1.29 is 14.3 Å². The van der Waals surface area contributed by atoms with Crippen LogP contribution in [-0.4, -0.2) is 43.0 Å². The van der Waals surface area contributed by atoms with E-state index in [2.05, 4.69) is 11.4 Å². The molecule has 0 atom stereocenters. The second-order valence-electron chi connectivity index (χ2n) is 5.54. The summed E-state index contributed by atoms with van der Waals surface area (Å²) in [5, 5.41) is 12.6. The normalized spacial score (nSPS) is 17.9. The lowest BCUT2D eigenvalue weighted by Crippen LogP contribution is -2.40. The van der Waals surface area contributed by atoms with Crippen molar-refractivity contribution in [3.8, 4) is 6.07 Å². The topological polar surface area (TPSA) is 82.4 Å². The first-order valence-corrected chi connectivity index (χ1v) is 8.15. The van der Waals surface area contributed by atoms with Crippen molar-refractivity contribution in [3.63, 3.8) is 0 Å². The first kappa shape index (κ1) is 15.0. The number of nitrogens with zero attached hydrogens (tertiary/aromatic N) is 2. The number of ether oxygens (including phenoxy) is 1. The highest BCUT2D eigenvalue weighted by atomic mass is 32.1. The van der Waals surface area contributed by atoms with Gasteiger partial charge in [0.05, 0.1) is 23.7 Å². The lowest BCUT2D eigenvalue weighted by atomic mass is 10.1. The number of nitrogens with one attached hydrogen (secondary N) is 1. The van der Waals surface area contributed by atoms with Gasteiger partial charge in [0, 0.05) is 19.0 Å². The Morgan fingerprint density at radius 1 is 1.36 bits per heavy atom. The molecule has 7 heteroatoms. The molecule has 1 aliphatic carbocycles. The molecule has 2 amide bonds. The molecular weight excluding hydrogens is 302 g/mol. The minimum atomic E-state index is -0.0887. The van der Waals surface area contributed by atoms with Gasteiger partial charge < -0.3 is 15.0 Å². The fourth-order valence-electron chi connectivity index (χ4n) is 2.41. The van der Waals surface area contributed by atoms with Gasteiger partial charge >= 0.3 is 0 Å². The fraction of sp³-hybridized carbons (Fsp3) is 0.533. The van der Waals surface area contributed by atoms with Crippen molar-refractivity contribution in [1.29, 1.82) is 5.26 Å². The highest BCUT2D eigenvalue weighted by Gasteiger charge is 2.32. The van der Waals surface area contributed by atoms with Crippen LogP contribution in [0.4, 0.5) is 5.00 Å². The predicted octanol–water partition coefficient (Wildman–Crippen LogP) is 1.75. The molecule has 0 unspecified atom stereocenters. The van der Waals surface area contributed by atoms with Gasteiger partial charge in [0.15, 0.2) is 0 Å². The van der Waals surface area contributed by atoms with Crippen LogP contribution in [0.15, 0.2) is 0 Å². The Balaban J connectivity index is 1.84. The van der Waals surface area contributed by atoms with Crippen LogP contribution in [0.5, 0.6) is 0 Å². The number of hydrogen-bond donors (Lipinski definition) is 1. The van der Waals surface area contributed by atoms with Gasteiger partial charge in [-0.2, -0.15) is 5.26 Å². The van der Waals surface area contributed by atoms with Crippen LogP contribution in [0.1, 0.15) is 33.6 Å². The molecule has 2 fully saturated rings. The largest absolute Gasteiger partial charge is 0.378 e. The molecule has 2 aliphatic rings. The van der Waals surface area contributed by atoms with E-state index in [0.29, 0.717) is 47.3 Å². The van der Waals surface area contributed by atoms with E-state index in [0.717, 1.165) is 12.8 Å². The van der Waals surface area contributed by atoms with E-state index in [9.17, 15) is 14.9 Å². The number of amides is 2. The van der Waals surface area contributed by atoms with Gasteiger partial charge in [0.1, 0.15) is 11.1 Å². The maximum absolute atomic E-state index is 12.6. The summed E-state index contributed by atoms with van der Waals surface area (Å²) in [6.45, 7) is 3.94. The summed E-state index contributed by atoms with van der Waals surface area (Å²) in [5.74, 6) is -0.0790. The minimum absolute atomic E-state index is 0.0527. The van der Waals surface area contributed by atoms with Gasteiger partial charge in [-0.05, 0) is 25.3 Å². The van der Waals surface area contributed by atoms with Gasteiger partial charge in [-0.1, -0.05) is 0 Å². The smallest absolute Gasteiger partial charge is 0.264 e. The van der Waals surface area contributed by atoms with Gasteiger partial charge in [0.2, 0.25) is 5.91 Å². The highest BCUT2D eigenvalue weighted by Crippen LogP contribution is 2.36. The Morgan fingerprint density at radius 3 is 2.64 bits per heavy atom. The first-order valence-electron chi connectivity index (χ1n) is 7.33. The van der Waals surface area contributed by atoms with Crippen molar-refractivity contribution in [2.24, 2.45) is 5.92 Å². The third-order valence-corrected chi connectivity index (χ3v) is 5.13. The molecule has 6 nitrogen and oxygen atoms in total. The molecule has 1 saturated heterocycles. The van der Waals surface area contributed by atoms with Crippen LogP contribution in [0.25, 0.3) is 0 Å². The van der Waals surface area contributed by atoms with Crippen molar-refractivity contribution in [3.05, 3.63) is 16.0 Å². The number of morpholine rings is 1. The first-order chi connectivity index (χ1) is 10.6. The average molecular weight is 319 g/mol. The summed E-state index contributed by atoms with van der Waals surface area (Å²) in [6.07, 6.45) is 1.80. The monoisotopic (exact) mass is 319 g/mol. The molecule has 0 spiro atoms.